The summed E-state index contributed by atoms with van der Waals surface area (Å²) in [5.74, 6) is 0.462. The lowest BCUT2D eigenvalue weighted by atomic mass is 10.1. The molecule has 0 radical (unpaired) electrons. The van der Waals surface area contributed by atoms with Gasteiger partial charge in [0, 0.05) is 16.6 Å². The minimum Gasteiger partial charge on any atom is -0.345 e. The molecule has 7 heteroatoms. The van der Waals surface area contributed by atoms with Gasteiger partial charge in [0.25, 0.3) is 0 Å². The first-order chi connectivity index (χ1) is 15.7. The normalized spacial score (nSPS) is 12.0. The maximum atomic E-state index is 13.1. The molecule has 158 valence electrons. The number of fused-ring (bicyclic) bond motifs is 1. The van der Waals surface area contributed by atoms with Gasteiger partial charge in [0.05, 0.1) is 11.7 Å². The van der Waals surface area contributed by atoms with E-state index in [0.717, 1.165) is 27.8 Å². The molecule has 3 aromatic carbocycles. The Morgan fingerprint density at radius 3 is 2.41 bits per heavy atom. The molecule has 1 unspecified atom stereocenters. The third-order valence-electron chi connectivity index (χ3n) is 5.44. The fourth-order valence-electron chi connectivity index (χ4n) is 3.94. The predicted octanol–water partition coefficient (Wildman–Crippen LogP) is 4.16. The zero-order chi connectivity index (χ0) is 21.9. The van der Waals surface area contributed by atoms with Gasteiger partial charge in [0.2, 0.25) is 5.91 Å². The number of aromatic nitrogens is 5. The van der Waals surface area contributed by atoms with Crippen LogP contribution < -0.4 is 5.32 Å². The second-order valence-corrected chi connectivity index (χ2v) is 7.61. The van der Waals surface area contributed by atoms with Crippen LogP contribution in [0.2, 0.25) is 0 Å². The number of nitrogens with zero attached hydrogens (tertiary/aromatic N) is 5. The molecule has 0 fully saturated rings. The van der Waals surface area contributed by atoms with Gasteiger partial charge in [0.1, 0.15) is 6.54 Å². The highest BCUT2D eigenvalue weighted by atomic mass is 16.2. The van der Waals surface area contributed by atoms with Gasteiger partial charge < -0.3 is 9.88 Å². The lowest BCUT2D eigenvalue weighted by molar-refractivity contribution is -0.122. The number of carbonyl (C=O) groups excluding carboxylic acids is 1. The number of rotatable bonds is 6. The van der Waals surface area contributed by atoms with Gasteiger partial charge in [-0.3, -0.25) is 4.79 Å². The first-order valence-corrected chi connectivity index (χ1v) is 10.5. The maximum Gasteiger partial charge on any atom is 0.240 e. The second kappa shape index (κ2) is 8.47. The Labute approximate surface area is 185 Å². The van der Waals surface area contributed by atoms with Crippen LogP contribution in [0.25, 0.3) is 27.8 Å². The summed E-state index contributed by atoms with van der Waals surface area (Å²) in [6, 6.07) is 29.6. The number of benzene rings is 3. The molecule has 0 saturated heterocycles. The average Bonchev–Trinajstić information content (AvgIpc) is 3.46. The van der Waals surface area contributed by atoms with Crippen molar-refractivity contribution in [2.24, 2.45) is 0 Å². The van der Waals surface area contributed by atoms with Crippen molar-refractivity contribution < 1.29 is 4.79 Å². The van der Waals surface area contributed by atoms with Crippen LogP contribution in [-0.4, -0.2) is 30.7 Å². The Morgan fingerprint density at radius 2 is 1.62 bits per heavy atom. The summed E-state index contributed by atoms with van der Waals surface area (Å²) in [6.45, 7) is 2.07. The van der Waals surface area contributed by atoms with Crippen molar-refractivity contribution in [1.82, 2.24) is 30.1 Å². The van der Waals surface area contributed by atoms with Crippen molar-refractivity contribution in [3.05, 3.63) is 96.8 Å². The van der Waals surface area contributed by atoms with Gasteiger partial charge in [-0.2, -0.15) is 4.68 Å². The number of tetrazole rings is 1. The monoisotopic (exact) mass is 422 g/mol. The summed E-state index contributed by atoms with van der Waals surface area (Å²) in [5, 5.41) is 16.2. The molecule has 0 aliphatic carbocycles. The third kappa shape index (κ3) is 3.76. The van der Waals surface area contributed by atoms with Gasteiger partial charge >= 0.3 is 0 Å². The summed E-state index contributed by atoms with van der Waals surface area (Å²) in [6.07, 6.45) is 0. The Bertz CT molecular complexity index is 1360. The summed E-state index contributed by atoms with van der Waals surface area (Å²) in [7, 11) is 0. The van der Waals surface area contributed by atoms with E-state index < -0.39 is 0 Å². The number of hydrogen-bond donors (Lipinski definition) is 1. The average molecular weight is 422 g/mol. The first-order valence-electron chi connectivity index (χ1n) is 10.5. The molecule has 0 bridgehead atoms. The largest absolute Gasteiger partial charge is 0.345 e. The molecule has 0 spiro atoms. The number of amides is 1. The Morgan fingerprint density at radius 1 is 0.938 bits per heavy atom. The lowest BCUT2D eigenvalue weighted by Crippen LogP contribution is -2.31. The molecule has 0 aliphatic heterocycles. The van der Waals surface area contributed by atoms with E-state index in [4.69, 9.17) is 0 Å². The van der Waals surface area contributed by atoms with Crippen molar-refractivity contribution in [3.63, 3.8) is 0 Å². The van der Waals surface area contributed by atoms with E-state index in [9.17, 15) is 4.79 Å². The van der Waals surface area contributed by atoms with E-state index in [0.29, 0.717) is 5.82 Å². The van der Waals surface area contributed by atoms with E-state index in [1.807, 2.05) is 78.2 Å². The van der Waals surface area contributed by atoms with E-state index in [1.165, 1.54) is 0 Å². The molecule has 1 atom stereocenters. The van der Waals surface area contributed by atoms with Crippen LogP contribution in [0.4, 0.5) is 0 Å². The summed E-state index contributed by atoms with van der Waals surface area (Å²) in [5.41, 5.74) is 3.93. The quantitative estimate of drug-likeness (QED) is 0.446. The van der Waals surface area contributed by atoms with Crippen LogP contribution >= 0.6 is 0 Å². The van der Waals surface area contributed by atoms with Crippen LogP contribution in [0.5, 0.6) is 0 Å². The van der Waals surface area contributed by atoms with Gasteiger partial charge in [-0.1, -0.05) is 66.7 Å². The maximum absolute atomic E-state index is 13.1. The molecule has 2 heterocycles. The van der Waals surface area contributed by atoms with E-state index in [1.54, 1.807) is 4.68 Å². The smallest absolute Gasteiger partial charge is 0.240 e. The fourth-order valence-corrected chi connectivity index (χ4v) is 3.94. The highest BCUT2D eigenvalue weighted by Crippen LogP contribution is 2.28. The van der Waals surface area contributed by atoms with E-state index in [-0.39, 0.29) is 18.5 Å². The molecular weight excluding hydrogens is 400 g/mol. The van der Waals surface area contributed by atoms with Crippen LogP contribution in [0, 0.1) is 0 Å². The molecular formula is C25H22N6O. The van der Waals surface area contributed by atoms with Gasteiger partial charge in [-0.25, -0.2) is 0 Å². The molecule has 32 heavy (non-hydrogen) atoms. The molecule has 5 rings (SSSR count). The lowest BCUT2D eigenvalue weighted by Gasteiger charge is -2.16. The zero-order valence-corrected chi connectivity index (χ0v) is 17.6. The summed E-state index contributed by atoms with van der Waals surface area (Å²) in [4.78, 5) is 13.1. The summed E-state index contributed by atoms with van der Waals surface area (Å²) >= 11 is 0. The van der Waals surface area contributed by atoms with Crippen LogP contribution in [0.15, 0.2) is 91.0 Å². The summed E-state index contributed by atoms with van der Waals surface area (Å²) < 4.78 is 3.69. The molecule has 1 N–H and O–H groups in total. The number of nitrogens with one attached hydrogen (secondary N) is 1. The Hall–Kier alpha value is -4.26. The predicted molar refractivity (Wildman–Crippen MR) is 123 cm³/mol. The third-order valence-corrected chi connectivity index (χ3v) is 5.44. The van der Waals surface area contributed by atoms with Gasteiger partial charge in [0.15, 0.2) is 5.82 Å². The Balaban J connectivity index is 1.41. The topological polar surface area (TPSA) is 77.6 Å². The van der Waals surface area contributed by atoms with Crippen LogP contribution in [0.3, 0.4) is 0 Å². The highest BCUT2D eigenvalue weighted by Gasteiger charge is 2.19. The van der Waals surface area contributed by atoms with E-state index >= 15 is 0 Å². The molecule has 0 saturated carbocycles. The van der Waals surface area contributed by atoms with Crippen molar-refractivity contribution >= 4 is 16.8 Å². The molecule has 7 nitrogen and oxygen atoms in total. The van der Waals surface area contributed by atoms with Crippen LogP contribution in [-0.2, 0) is 11.3 Å². The minimum absolute atomic E-state index is 0.112. The molecule has 5 aromatic rings. The van der Waals surface area contributed by atoms with Crippen molar-refractivity contribution in [1.29, 1.82) is 0 Å². The first kappa shape index (κ1) is 19.7. The zero-order valence-electron chi connectivity index (χ0n) is 17.6. The number of carbonyl (C=O) groups is 1. The van der Waals surface area contributed by atoms with Crippen molar-refractivity contribution in [2.75, 3.05) is 0 Å². The molecule has 2 aromatic heterocycles. The molecule has 1 amide bonds. The van der Waals surface area contributed by atoms with Crippen molar-refractivity contribution in [3.8, 4) is 16.9 Å². The molecule has 0 aliphatic rings. The minimum atomic E-state index is -0.361. The standard InChI is InChI=1S/C25H22N6O/c1-18(25-27-28-29-31(25)21-13-6-3-7-14-21)26-24(32)17-30-22-15-9-8-12-20(22)16-23(30)19-10-4-2-5-11-19/h2-16,18H,17H2,1H3,(H,26,32). The fraction of sp³-hybridized carbons (Fsp3) is 0.120. The number of para-hydroxylation sites is 2. The number of hydrogen-bond acceptors (Lipinski definition) is 4. The van der Waals surface area contributed by atoms with Gasteiger partial charge in [-0.15, -0.1) is 5.10 Å². The van der Waals surface area contributed by atoms with E-state index in [2.05, 4.69) is 45.1 Å². The SMILES string of the molecule is CC(NC(=O)Cn1c(-c2ccccc2)cc2ccccc21)c1nnnn1-c1ccccc1. The Kier molecular flexibility index (Phi) is 5.21. The second-order valence-electron chi connectivity index (χ2n) is 7.61. The van der Waals surface area contributed by atoms with Crippen molar-refractivity contribution in [2.45, 2.75) is 19.5 Å². The van der Waals surface area contributed by atoms with Crippen LogP contribution in [0.1, 0.15) is 18.8 Å². The van der Waals surface area contributed by atoms with Gasteiger partial charge in [-0.05, 0) is 47.2 Å². The highest BCUT2D eigenvalue weighted by molar-refractivity contribution is 5.89.